The van der Waals surface area contributed by atoms with Gasteiger partial charge in [0.2, 0.25) is 0 Å². The van der Waals surface area contributed by atoms with Crippen LogP contribution in [0.3, 0.4) is 0 Å². The summed E-state index contributed by atoms with van der Waals surface area (Å²) < 4.78 is 0. The van der Waals surface area contributed by atoms with Gasteiger partial charge in [-0.25, -0.2) is 0 Å². The third kappa shape index (κ3) is 4.39. The summed E-state index contributed by atoms with van der Waals surface area (Å²) in [6, 6.07) is 0. The molecule has 1 unspecified atom stereocenters. The molecule has 0 N–H and O–H groups in total. The SMILES string of the molecule is C[C@H]1CCCCCCC(S)CC1. The second-order valence-corrected chi connectivity index (χ2v) is 5.06. The van der Waals surface area contributed by atoms with E-state index in [0.29, 0.717) is 5.25 Å². The van der Waals surface area contributed by atoms with Crippen molar-refractivity contribution in [2.45, 2.75) is 63.5 Å². The van der Waals surface area contributed by atoms with E-state index in [1.54, 1.807) is 0 Å². The standard InChI is InChI=1S/C11H22S/c1-10-6-4-2-3-5-7-11(12)9-8-10/h10-12H,2-9H2,1H3/t10-,11?/m0/s1. The molecule has 1 fully saturated rings. The van der Waals surface area contributed by atoms with Crippen LogP contribution in [0.4, 0.5) is 0 Å². The van der Waals surface area contributed by atoms with E-state index in [0.717, 1.165) is 5.92 Å². The molecular formula is C11H22S. The molecule has 1 saturated carbocycles. The van der Waals surface area contributed by atoms with Crippen molar-refractivity contribution in [1.82, 2.24) is 0 Å². The molecule has 1 rings (SSSR count). The van der Waals surface area contributed by atoms with Gasteiger partial charge >= 0.3 is 0 Å². The Bertz CT molecular complexity index is 97.6. The number of rotatable bonds is 0. The number of hydrogen-bond donors (Lipinski definition) is 1. The molecule has 2 atom stereocenters. The Kier molecular flexibility index (Phi) is 5.13. The van der Waals surface area contributed by atoms with Gasteiger partial charge < -0.3 is 0 Å². The van der Waals surface area contributed by atoms with Crippen LogP contribution in [0.1, 0.15) is 58.3 Å². The third-order valence-electron chi connectivity index (χ3n) is 2.98. The maximum absolute atomic E-state index is 4.60. The molecule has 1 aliphatic rings. The molecule has 1 aliphatic carbocycles. The second kappa shape index (κ2) is 5.90. The molecule has 0 aliphatic heterocycles. The summed E-state index contributed by atoms with van der Waals surface area (Å²) in [4.78, 5) is 0. The van der Waals surface area contributed by atoms with Crippen LogP contribution in [0.2, 0.25) is 0 Å². The molecule has 0 radical (unpaired) electrons. The fourth-order valence-electron chi connectivity index (χ4n) is 1.99. The third-order valence-corrected chi connectivity index (χ3v) is 3.49. The smallest absolute Gasteiger partial charge is 0.00169 e. The zero-order chi connectivity index (χ0) is 8.81. The van der Waals surface area contributed by atoms with Gasteiger partial charge in [0.1, 0.15) is 0 Å². The maximum atomic E-state index is 4.60. The first kappa shape index (κ1) is 10.4. The Hall–Kier alpha value is 0.350. The van der Waals surface area contributed by atoms with Gasteiger partial charge in [-0.1, -0.05) is 39.0 Å². The molecule has 1 heteroatoms. The highest BCUT2D eigenvalue weighted by atomic mass is 32.1. The van der Waals surface area contributed by atoms with E-state index < -0.39 is 0 Å². The van der Waals surface area contributed by atoms with E-state index in [1.165, 1.54) is 51.4 Å². The van der Waals surface area contributed by atoms with Gasteiger partial charge in [-0.15, -0.1) is 0 Å². The Balaban J connectivity index is 2.23. The normalized spacial score (nSPS) is 34.5. The monoisotopic (exact) mass is 186 g/mol. The van der Waals surface area contributed by atoms with Gasteiger partial charge in [0, 0.05) is 5.25 Å². The highest BCUT2D eigenvalue weighted by Crippen LogP contribution is 2.23. The molecule has 0 saturated heterocycles. The molecule has 72 valence electrons. The Morgan fingerprint density at radius 1 is 0.833 bits per heavy atom. The van der Waals surface area contributed by atoms with Crippen molar-refractivity contribution in [3.05, 3.63) is 0 Å². The van der Waals surface area contributed by atoms with Crippen molar-refractivity contribution >= 4 is 12.6 Å². The summed E-state index contributed by atoms with van der Waals surface area (Å²) in [5, 5.41) is 0.686. The fourth-order valence-corrected chi connectivity index (χ4v) is 2.32. The van der Waals surface area contributed by atoms with Crippen LogP contribution < -0.4 is 0 Å². The van der Waals surface area contributed by atoms with E-state index in [1.807, 2.05) is 0 Å². The Morgan fingerprint density at radius 3 is 2.25 bits per heavy atom. The zero-order valence-electron chi connectivity index (χ0n) is 8.26. The van der Waals surface area contributed by atoms with Crippen LogP contribution >= 0.6 is 12.6 Å². The summed E-state index contributed by atoms with van der Waals surface area (Å²) >= 11 is 4.60. The summed E-state index contributed by atoms with van der Waals surface area (Å²) in [6.07, 6.45) is 11.3. The van der Waals surface area contributed by atoms with Gasteiger partial charge in [0.15, 0.2) is 0 Å². The largest absolute Gasteiger partial charge is 0.176 e. The van der Waals surface area contributed by atoms with Crippen molar-refractivity contribution in [3.8, 4) is 0 Å². The van der Waals surface area contributed by atoms with Gasteiger partial charge in [-0.2, -0.15) is 12.6 Å². The highest BCUT2D eigenvalue weighted by molar-refractivity contribution is 7.80. The lowest BCUT2D eigenvalue weighted by Gasteiger charge is -2.17. The molecule has 0 aromatic carbocycles. The first-order valence-electron chi connectivity index (χ1n) is 5.47. The summed E-state index contributed by atoms with van der Waals surface area (Å²) in [6.45, 7) is 2.39. The topological polar surface area (TPSA) is 0 Å². The van der Waals surface area contributed by atoms with Crippen LogP contribution in [-0.2, 0) is 0 Å². The molecule has 0 spiro atoms. The van der Waals surface area contributed by atoms with Crippen molar-refractivity contribution in [2.24, 2.45) is 5.92 Å². The molecule has 0 heterocycles. The minimum atomic E-state index is 0.686. The lowest BCUT2D eigenvalue weighted by Crippen LogP contribution is -2.05. The van der Waals surface area contributed by atoms with Crippen LogP contribution in [0.25, 0.3) is 0 Å². The van der Waals surface area contributed by atoms with Crippen molar-refractivity contribution < 1.29 is 0 Å². The fraction of sp³-hybridized carbons (Fsp3) is 1.00. The maximum Gasteiger partial charge on any atom is 0.00169 e. The molecule has 0 nitrogen and oxygen atoms in total. The first-order chi connectivity index (χ1) is 5.79. The van der Waals surface area contributed by atoms with Gasteiger partial charge in [0.05, 0.1) is 0 Å². The van der Waals surface area contributed by atoms with Crippen molar-refractivity contribution in [2.75, 3.05) is 0 Å². The molecule has 12 heavy (non-hydrogen) atoms. The minimum absolute atomic E-state index is 0.686. The molecule has 0 bridgehead atoms. The lowest BCUT2D eigenvalue weighted by atomic mass is 9.93. The van der Waals surface area contributed by atoms with Crippen LogP contribution in [0.15, 0.2) is 0 Å². The van der Waals surface area contributed by atoms with Crippen molar-refractivity contribution in [1.29, 1.82) is 0 Å². The molecule has 0 aromatic heterocycles. The molecule has 0 amide bonds. The van der Waals surface area contributed by atoms with Crippen molar-refractivity contribution in [3.63, 3.8) is 0 Å². The van der Waals surface area contributed by atoms with Crippen LogP contribution in [0, 0.1) is 5.92 Å². The first-order valence-corrected chi connectivity index (χ1v) is 5.98. The van der Waals surface area contributed by atoms with E-state index in [2.05, 4.69) is 19.6 Å². The van der Waals surface area contributed by atoms with E-state index >= 15 is 0 Å². The van der Waals surface area contributed by atoms with Gasteiger partial charge in [-0.3, -0.25) is 0 Å². The molecule has 0 aromatic rings. The lowest BCUT2D eigenvalue weighted by molar-refractivity contribution is 0.419. The van der Waals surface area contributed by atoms with E-state index in [9.17, 15) is 0 Å². The molecular weight excluding hydrogens is 164 g/mol. The van der Waals surface area contributed by atoms with Crippen LogP contribution in [0.5, 0.6) is 0 Å². The number of thiol groups is 1. The van der Waals surface area contributed by atoms with Crippen LogP contribution in [-0.4, -0.2) is 5.25 Å². The Labute approximate surface area is 82.5 Å². The van der Waals surface area contributed by atoms with E-state index in [-0.39, 0.29) is 0 Å². The Morgan fingerprint density at radius 2 is 1.50 bits per heavy atom. The quantitative estimate of drug-likeness (QED) is 0.542. The van der Waals surface area contributed by atoms with Gasteiger partial charge in [-0.05, 0) is 25.2 Å². The van der Waals surface area contributed by atoms with Gasteiger partial charge in [0.25, 0.3) is 0 Å². The minimum Gasteiger partial charge on any atom is -0.176 e. The highest BCUT2D eigenvalue weighted by Gasteiger charge is 2.09. The average molecular weight is 186 g/mol. The summed E-state index contributed by atoms with van der Waals surface area (Å²) in [5.74, 6) is 0.942. The van der Waals surface area contributed by atoms with E-state index in [4.69, 9.17) is 0 Å². The zero-order valence-corrected chi connectivity index (χ0v) is 9.15. The number of hydrogen-bond acceptors (Lipinski definition) is 1. The summed E-state index contributed by atoms with van der Waals surface area (Å²) in [5.41, 5.74) is 0. The predicted octanol–water partition coefficient (Wildman–Crippen LogP) is 4.06. The average Bonchev–Trinajstić information content (AvgIpc) is 2.07. The second-order valence-electron chi connectivity index (χ2n) is 4.33. The summed E-state index contributed by atoms with van der Waals surface area (Å²) in [7, 11) is 0. The predicted molar refractivity (Wildman–Crippen MR) is 58.9 cm³/mol.